The molecular weight excluding hydrogens is 390 g/mol. The summed E-state index contributed by atoms with van der Waals surface area (Å²) in [5, 5.41) is 9.84. The lowest BCUT2D eigenvalue weighted by Gasteiger charge is -2.42. The van der Waals surface area contributed by atoms with Gasteiger partial charge < -0.3 is 9.67 Å². The van der Waals surface area contributed by atoms with Crippen molar-refractivity contribution < 1.29 is 9.90 Å². The number of nitrogens with zero attached hydrogens (tertiary/aromatic N) is 3. The highest BCUT2D eigenvalue weighted by atomic mass is 35.5. The van der Waals surface area contributed by atoms with E-state index in [0.717, 1.165) is 34.8 Å². The molecule has 0 unspecified atom stereocenters. The number of aliphatic carboxylic acids is 1. The average molecular weight is 416 g/mol. The molecule has 2 aliphatic rings. The number of carbonyl (C=O) groups is 1. The summed E-state index contributed by atoms with van der Waals surface area (Å²) < 4.78 is 1.93. The summed E-state index contributed by atoms with van der Waals surface area (Å²) in [7, 11) is 1.99. The number of rotatable bonds is 6. The van der Waals surface area contributed by atoms with Crippen LogP contribution in [-0.4, -0.2) is 52.1 Å². The number of carboxylic acid groups (broad SMARTS) is 1. The zero-order chi connectivity index (χ0) is 20.5. The lowest BCUT2D eigenvalue weighted by molar-refractivity contribution is -0.139. The second-order valence-electron chi connectivity index (χ2n) is 8.35. The maximum Gasteiger partial charge on any atom is 0.317 e. The van der Waals surface area contributed by atoms with Gasteiger partial charge in [0.2, 0.25) is 0 Å². The van der Waals surface area contributed by atoms with Crippen LogP contribution in [0.1, 0.15) is 29.2 Å². The number of piperidine rings is 1. The third kappa shape index (κ3) is 4.39. The summed E-state index contributed by atoms with van der Waals surface area (Å²) in [5.74, 6) is -0.238. The van der Waals surface area contributed by atoms with Gasteiger partial charge in [0.15, 0.2) is 0 Å². The van der Waals surface area contributed by atoms with Crippen LogP contribution in [0, 0.1) is 5.92 Å². The zero-order valence-electron chi connectivity index (χ0n) is 16.6. The van der Waals surface area contributed by atoms with Gasteiger partial charge in [-0.2, -0.15) is 0 Å². The highest BCUT2D eigenvalue weighted by Crippen LogP contribution is 2.35. The molecule has 0 saturated carbocycles. The molecule has 7 heteroatoms. The lowest BCUT2D eigenvalue weighted by atomic mass is 9.83. The number of benzene rings is 1. The minimum absolute atomic E-state index is 0.0716. The maximum absolute atomic E-state index is 13.2. The third-order valence-corrected chi connectivity index (χ3v) is 6.32. The third-order valence-electron chi connectivity index (χ3n) is 5.96. The Morgan fingerprint density at radius 2 is 1.90 bits per heavy atom. The first-order chi connectivity index (χ1) is 13.9. The van der Waals surface area contributed by atoms with E-state index in [2.05, 4.69) is 11.0 Å². The molecule has 0 amide bonds. The van der Waals surface area contributed by atoms with Crippen LogP contribution >= 0.6 is 11.6 Å². The fourth-order valence-corrected chi connectivity index (χ4v) is 4.99. The van der Waals surface area contributed by atoms with Crippen molar-refractivity contribution in [1.82, 2.24) is 14.4 Å². The number of aromatic nitrogens is 1. The van der Waals surface area contributed by atoms with Gasteiger partial charge in [-0.25, -0.2) is 0 Å². The van der Waals surface area contributed by atoms with Crippen LogP contribution in [0.5, 0.6) is 0 Å². The molecule has 1 aromatic carbocycles. The Kier molecular flexibility index (Phi) is 5.76. The van der Waals surface area contributed by atoms with Gasteiger partial charge in [-0.3, -0.25) is 19.4 Å². The number of halogens is 1. The predicted molar refractivity (Wildman–Crippen MR) is 112 cm³/mol. The molecule has 1 fully saturated rings. The molecule has 0 spiro atoms. The smallest absolute Gasteiger partial charge is 0.317 e. The molecule has 4 rings (SSSR count). The van der Waals surface area contributed by atoms with Crippen LogP contribution in [0.15, 0.2) is 41.2 Å². The van der Waals surface area contributed by atoms with E-state index < -0.39 is 5.97 Å². The Morgan fingerprint density at radius 3 is 2.66 bits per heavy atom. The Labute approximate surface area is 175 Å². The van der Waals surface area contributed by atoms with Gasteiger partial charge >= 0.3 is 5.97 Å². The highest BCUT2D eigenvalue weighted by molar-refractivity contribution is 6.31. The predicted octanol–water partition coefficient (Wildman–Crippen LogP) is 2.64. The van der Waals surface area contributed by atoms with E-state index in [0.29, 0.717) is 32.1 Å². The first-order valence-electron chi connectivity index (χ1n) is 9.99. The molecule has 29 heavy (non-hydrogen) atoms. The molecule has 1 N–H and O–H groups in total. The Balaban J connectivity index is 1.51. The number of carboxylic acids is 1. The molecule has 0 radical (unpaired) electrons. The number of fused-ring (bicyclic) bond motifs is 4. The van der Waals surface area contributed by atoms with Crippen molar-refractivity contribution >= 4 is 17.6 Å². The standard InChI is InChI=1S/C22H26ClN3O3/c1-24(11-16-4-2-3-5-19(16)23)12-17-6-7-20-18-8-15(10-26(20)22(17)29)9-25(13-18)14-21(27)28/h2-7,15,18H,8-14H2,1H3,(H,27,28)/t15-,18+/m0/s1. The number of likely N-dealkylation sites (tertiary alicyclic amines) is 1. The van der Waals surface area contributed by atoms with E-state index in [9.17, 15) is 9.59 Å². The van der Waals surface area contributed by atoms with Crippen LogP contribution in [0.2, 0.25) is 5.02 Å². The summed E-state index contributed by atoms with van der Waals surface area (Å²) in [6.45, 7) is 3.42. The molecule has 2 aromatic rings. The van der Waals surface area contributed by atoms with Gasteiger partial charge in [0.25, 0.3) is 5.56 Å². The van der Waals surface area contributed by atoms with Gasteiger partial charge in [0.05, 0.1) is 6.54 Å². The summed E-state index contributed by atoms with van der Waals surface area (Å²) in [4.78, 5) is 28.3. The molecule has 0 aliphatic carbocycles. The van der Waals surface area contributed by atoms with E-state index >= 15 is 0 Å². The van der Waals surface area contributed by atoms with E-state index in [-0.39, 0.29) is 18.0 Å². The summed E-state index contributed by atoms with van der Waals surface area (Å²) >= 11 is 6.26. The summed E-state index contributed by atoms with van der Waals surface area (Å²) in [6.07, 6.45) is 1.03. The van der Waals surface area contributed by atoms with Crippen molar-refractivity contribution in [3.8, 4) is 0 Å². The van der Waals surface area contributed by atoms with Crippen molar-refractivity contribution in [3.05, 3.63) is 68.6 Å². The normalized spacial score (nSPS) is 21.2. The molecule has 1 saturated heterocycles. The van der Waals surface area contributed by atoms with Crippen LogP contribution in [-0.2, 0) is 24.4 Å². The molecule has 2 bridgehead atoms. The maximum atomic E-state index is 13.2. The van der Waals surface area contributed by atoms with Gasteiger partial charge in [-0.05, 0) is 37.1 Å². The molecule has 154 valence electrons. The second-order valence-corrected chi connectivity index (χ2v) is 8.76. The fraction of sp³-hybridized carbons (Fsp3) is 0.455. The number of hydrogen-bond donors (Lipinski definition) is 1. The number of hydrogen-bond acceptors (Lipinski definition) is 4. The fourth-order valence-electron chi connectivity index (χ4n) is 4.80. The van der Waals surface area contributed by atoms with Crippen molar-refractivity contribution in [1.29, 1.82) is 0 Å². The zero-order valence-corrected chi connectivity index (χ0v) is 17.3. The second kappa shape index (κ2) is 8.30. The van der Waals surface area contributed by atoms with Crippen molar-refractivity contribution in [2.75, 3.05) is 26.7 Å². The van der Waals surface area contributed by atoms with Crippen molar-refractivity contribution in [2.45, 2.75) is 32.0 Å². The minimum atomic E-state index is -0.792. The first kappa shape index (κ1) is 20.1. The highest BCUT2D eigenvalue weighted by Gasteiger charge is 2.35. The Bertz CT molecular complexity index is 974. The van der Waals surface area contributed by atoms with Gasteiger partial charge in [0, 0.05) is 54.9 Å². The average Bonchev–Trinajstić information content (AvgIpc) is 2.66. The lowest BCUT2D eigenvalue weighted by Crippen LogP contribution is -2.48. The number of pyridine rings is 1. The van der Waals surface area contributed by atoms with E-state index in [1.54, 1.807) is 0 Å². The Hall–Kier alpha value is -2.15. The molecule has 2 atom stereocenters. The quantitative estimate of drug-likeness (QED) is 0.785. The van der Waals surface area contributed by atoms with E-state index in [1.807, 2.05) is 46.8 Å². The van der Waals surface area contributed by atoms with Crippen LogP contribution < -0.4 is 5.56 Å². The van der Waals surface area contributed by atoms with Crippen molar-refractivity contribution in [3.63, 3.8) is 0 Å². The molecule has 1 aromatic heterocycles. The van der Waals surface area contributed by atoms with E-state index in [1.165, 1.54) is 0 Å². The largest absolute Gasteiger partial charge is 0.480 e. The summed E-state index contributed by atoms with van der Waals surface area (Å²) in [5.41, 5.74) is 2.95. The van der Waals surface area contributed by atoms with Crippen molar-refractivity contribution in [2.24, 2.45) is 5.92 Å². The SMILES string of the molecule is CN(Cc1ccccc1Cl)Cc1ccc2n(c1=O)C[C@H]1C[C@@H]2CN(CC(=O)O)C1. The molecular formula is C22H26ClN3O3. The minimum Gasteiger partial charge on any atom is -0.480 e. The Morgan fingerprint density at radius 1 is 1.14 bits per heavy atom. The summed E-state index contributed by atoms with van der Waals surface area (Å²) in [6, 6.07) is 11.8. The molecule has 2 aliphatic heterocycles. The molecule has 6 nitrogen and oxygen atoms in total. The van der Waals surface area contributed by atoms with Crippen LogP contribution in [0.4, 0.5) is 0 Å². The van der Waals surface area contributed by atoms with Crippen LogP contribution in [0.3, 0.4) is 0 Å². The van der Waals surface area contributed by atoms with Gasteiger partial charge in [0.1, 0.15) is 0 Å². The monoisotopic (exact) mass is 415 g/mol. The first-order valence-corrected chi connectivity index (χ1v) is 10.4. The van der Waals surface area contributed by atoms with Gasteiger partial charge in [-0.15, -0.1) is 0 Å². The van der Waals surface area contributed by atoms with Crippen LogP contribution in [0.25, 0.3) is 0 Å². The van der Waals surface area contributed by atoms with E-state index in [4.69, 9.17) is 16.7 Å². The topological polar surface area (TPSA) is 65.8 Å². The molecule has 3 heterocycles. The van der Waals surface area contributed by atoms with Gasteiger partial charge in [-0.1, -0.05) is 35.9 Å².